The van der Waals surface area contributed by atoms with E-state index >= 15 is 0 Å². The molecular weight excluding hydrogens is 206 g/mol. The van der Waals surface area contributed by atoms with E-state index in [0.29, 0.717) is 10.6 Å². The van der Waals surface area contributed by atoms with Crippen LogP contribution in [0.25, 0.3) is 0 Å². The molecule has 0 bridgehead atoms. The summed E-state index contributed by atoms with van der Waals surface area (Å²) < 4.78 is 2.10. The lowest BCUT2D eigenvalue weighted by Gasteiger charge is -2.26. The maximum absolute atomic E-state index is 8.90. The van der Waals surface area contributed by atoms with Gasteiger partial charge in [-0.1, -0.05) is 6.07 Å². The Morgan fingerprint density at radius 2 is 2.13 bits per heavy atom. The highest BCUT2D eigenvalue weighted by Crippen LogP contribution is 2.17. The predicted octanol–water partition coefficient (Wildman–Crippen LogP) is 0.791. The summed E-state index contributed by atoms with van der Waals surface area (Å²) in [6, 6.07) is 8.39. The third-order valence-electron chi connectivity index (χ3n) is 2.51. The van der Waals surface area contributed by atoms with Crippen LogP contribution in [0.2, 0.25) is 0 Å². The van der Waals surface area contributed by atoms with Gasteiger partial charge in [-0.15, -0.1) is 5.03 Å². The van der Waals surface area contributed by atoms with Gasteiger partial charge in [0, 0.05) is 24.1 Å². The maximum atomic E-state index is 8.90. The third kappa shape index (κ3) is 2.08. The lowest BCUT2D eigenvalue weighted by Crippen LogP contribution is -2.46. The van der Waals surface area contributed by atoms with Gasteiger partial charge in [0.15, 0.2) is 18.4 Å². The van der Waals surface area contributed by atoms with Crippen molar-refractivity contribution < 1.29 is 4.57 Å². The summed E-state index contributed by atoms with van der Waals surface area (Å²) in [6.07, 6.45) is 4.74. The summed E-state index contributed by atoms with van der Waals surface area (Å²) in [7, 11) is 0. The van der Waals surface area contributed by atoms with Crippen molar-refractivity contribution in [3.8, 4) is 6.07 Å². The SMILES string of the molecule is N#CC1=C([S-])NCC([n+]2ccccc2)C1. The van der Waals surface area contributed by atoms with Crippen molar-refractivity contribution in [2.24, 2.45) is 0 Å². The fraction of sp³-hybridized carbons (Fsp3) is 0.273. The van der Waals surface area contributed by atoms with Gasteiger partial charge in [-0.3, -0.25) is 0 Å². The number of aromatic nitrogens is 1. The van der Waals surface area contributed by atoms with Gasteiger partial charge in [-0.05, 0) is 0 Å². The number of hydrogen-bond acceptors (Lipinski definition) is 3. The fourth-order valence-corrected chi connectivity index (χ4v) is 1.89. The minimum Gasteiger partial charge on any atom is -0.762 e. The molecule has 0 spiro atoms. The second-order valence-corrected chi connectivity index (χ2v) is 3.89. The largest absolute Gasteiger partial charge is 0.762 e. The van der Waals surface area contributed by atoms with E-state index in [4.69, 9.17) is 17.9 Å². The van der Waals surface area contributed by atoms with Gasteiger partial charge in [0.25, 0.3) is 0 Å². The molecule has 1 aromatic heterocycles. The van der Waals surface area contributed by atoms with E-state index in [-0.39, 0.29) is 6.04 Å². The highest BCUT2D eigenvalue weighted by atomic mass is 32.1. The van der Waals surface area contributed by atoms with Crippen LogP contribution in [0, 0.1) is 11.3 Å². The van der Waals surface area contributed by atoms with Gasteiger partial charge < -0.3 is 17.9 Å². The average molecular weight is 217 g/mol. The zero-order valence-electron chi connectivity index (χ0n) is 8.18. The van der Waals surface area contributed by atoms with Crippen LogP contribution in [-0.4, -0.2) is 6.54 Å². The predicted molar refractivity (Wildman–Crippen MR) is 58.3 cm³/mol. The molecule has 0 aromatic carbocycles. The monoisotopic (exact) mass is 217 g/mol. The standard InChI is InChI=1S/C11H11N3S/c12-7-9-6-10(8-13-11(9)15)14-4-2-1-3-5-14/h1-5,10,13H,6,8H2. The second-order valence-electron chi connectivity index (χ2n) is 3.48. The van der Waals surface area contributed by atoms with E-state index in [9.17, 15) is 0 Å². The number of rotatable bonds is 1. The Morgan fingerprint density at radius 1 is 1.40 bits per heavy atom. The fourth-order valence-electron chi connectivity index (χ4n) is 1.68. The molecule has 0 fully saturated rings. The lowest BCUT2D eigenvalue weighted by atomic mass is 10.0. The zero-order chi connectivity index (χ0) is 10.7. The maximum Gasteiger partial charge on any atom is 0.179 e. The van der Waals surface area contributed by atoms with Crippen LogP contribution in [0.3, 0.4) is 0 Å². The molecule has 0 saturated heterocycles. The first-order chi connectivity index (χ1) is 7.31. The molecule has 76 valence electrons. The normalized spacial score (nSPS) is 20.6. The molecular formula is C11H11N3S. The molecule has 2 heterocycles. The highest BCUT2D eigenvalue weighted by molar-refractivity contribution is 7.63. The number of nitrogens with one attached hydrogen (secondary N) is 1. The van der Waals surface area contributed by atoms with Crippen molar-refractivity contribution >= 4 is 12.6 Å². The van der Waals surface area contributed by atoms with Gasteiger partial charge >= 0.3 is 0 Å². The molecule has 1 aliphatic heterocycles. The number of nitriles is 1. The van der Waals surface area contributed by atoms with E-state index < -0.39 is 0 Å². The van der Waals surface area contributed by atoms with E-state index in [1.807, 2.05) is 30.6 Å². The van der Waals surface area contributed by atoms with Gasteiger partial charge in [-0.2, -0.15) is 5.26 Å². The number of nitrogens with zero attached hydrogens (tertiary/aromatic N) is 2. The molecule has 1 atom stereocenters. The molecule has 1 N–H and O–H groups in total. The molecule has 15 heavy (non-hydrogen) atoms. The van der Waals surface area contributed by atoms with Crippen molar-refractivity contribution in [3.05, 3.63) is 41.2 Å². The molecule has 0 amide bonds. The Morgan fingerprint density at radius 3 is 2.80 bits per heavy atom. The van der Waals surface area contributed by atoms with E-state index in [1.54, 1.807) is 0 Å². The first kappa shape index (κ1) is 9.94. The van der Waals surface area contributed by atoms with Crippen molar-refractivity contribution in [2.45, 2.75) is 12.5 Å². The van der Waals surface area contributed by atoms with Gasteiger partial charge in [0.1, 0.15) is 0 Å². The highest BCUT2D eigenvalue weighted by Gasteiger charge is 2.22. The minimum absolute atomic E-state index is 0.285. The number of pyridine rings is 1. The molecule has 2 rings (SSSR count). The minimum atomic E-state index is 0.285. The Hall–Kier alpha value is -1.60. The lowest BCUT2D eigenvalue weighted by molar-refractivity contribution is -0.721. The van der Waals surface area contributed by atoms with Crippen LogP contribution in [-0.2, 0) is 12.6 Å². The topological polar surface area (TPSA) is 39.7 Å². The van der Waals surface area contributed by atoms with Crippen molar-refractivity contribution in [2.75, 3.05) is 6.54 Å². The van der Waals surface area contributed by atoms with Crippen LogP contribution in [0.5, 0.6) is 0 Å². The summed E-state index contributed by atoms with van der Waals surface area (Å²) in [4.78, 5) is 0. The molecule has 3 nitrogen and oxygen atoms in total. The average Bonchev–Trinajstić information content (AvgIpc) is 2.31. The Labute approximate surface area is 94.5 Å². The van der Waals surface area contributed by atoms with Crippen LogP contribution in [0.1, 0.15) is 12.5 Å². The van der Waals surface area contributed by atoms with Crippen molar-refractivity contribution in [1.29, 1.82) is 5.26 Å². The van der Waals surface area contributed by atoms with Crippen LogP contribution >= 0.6 is 0 Å². The molecule has 0 aliphatic carbocycles. The van der Waals surface area contributed by atoms with Gasteiger partial charge in [0.2, 0.25) is 0 Å². The molecule has 1 aromatic rings. The van der Waals surface area contributed by atoms with E-state index in [2.05, 4.69) is 16.0 Å². The molecule has 0 saturated carbocycles. The van der Waals surface area contributed by atoms with Crippen molar-refractivity contribution in [1.82, 2.24) is 5.32 Å². The van der Waals surface area contributed by atoms with Crippen molar-refractivity contribution in [3.63, 3.8) is 0 Å². The second kappa shape index (κ2) is 4.28. The van der Waals surface area contributed by atoms with Gasteiger partial charge in [0.05, 0.1) is 12.6 Å². The summed E-state index contributed by atoms with van der Waals surface area (Å²) in [6.45, 7) is 0.790. The zero-order valence-corrected chi connectivity index (χ0v) is 9.00. The third-order valence-corrected chi connectivity index (χ3v) is 2.90. The van der Waals surface area contributed by atoms with Crippen LogP contribution < -0.4 is 9.88 Å². The Bertz CT molecular complexity index is 419. The molecule has 1 aliphatic rings. The van der Waals surface area contributed by atoms with Gasteiger partial charge in [-0.25, -0.2) is 4.57 Å². The molecule has 4 heteroatoms. The number of allylic oxidation sites excluding steroid dienone is 1. The van der Waals surface area contributed by atoms with Crippen LogP contribution in [0.4, 0.5) is 0 Å². The molecule has 0 radical (unpaired) electrons. The van der Waals surface area contributed by atoms with E-state index in [0.717, 1.165) is 13.0 Å². The first-order valence-electron chi connectivity index (χ1n) is 4.81. The number of hydrogen-bond donors (Lipinski definition) is 1. The first-order valence-corrected chi connectivity index (χ1v) is 5.22. The smallest absolute Gasteiger partial charge is 0.179 e. The molecule has 1 unspecified atom stereocenters. The summed E-state index contributed by atoms with van der Waals surface area (Å²) in [5.74, 6) is 0. The van der Waals surface area contributed by atoms with E-state index in [1.165, 1.54) is 0 Å². The quantitative estimate of drug-likeness (QED) is 0.558. The van der Waals surface area contributed by atoms with Crippen LogP contribution in [0.15, 0.2) is 41.2 Å². The Balaban J connectivity index is 2.20. The Kier molecular flexibility index (Phi) is 2.84. The summed E-state index contributed by atoms with van der Waals surface area (Å²) in [5, 5.41) is 12.6. The summed E-state index contributed by atoms with van der Waals surface area (Å²) in [5.41, 5.74) is 0.678. The summed E-state index contributed by atoms with van der Waals surface area (Å²) >= 11 is 5.05.